The standard InChI is InChI=1S/C76H110N10O18S2/c1-16-48(9)65(60(102-14)40-61(87)86-39-21-25-59(86)68(103-15)49(10)69(90)79-50(11)66(88)52-22-18-17-19-23-52)84(12)74(95)63(45(4)5)83-73(94)64(46(6)7)85(13)76(97)104-41-51-28-34-56(35-29-51)80-71(92)58(24-20-38-78-75(77)96)81-72(93)62(44(2)3)82-70(91)54-32-30-53(31-33-54)67(89)55(42-105(98)99)43-106(100,101)57-36-26-47(8)27-37-57/h17-19,22-23,26-37,44-46,48-50,55,58-60,62-66,68,88,105H,16,20-21,24-25,38-43H2,1-15H3,(H,79,90)(H,80,92)(H,81,93)(H,82,91)(H,83,94)(H3,77,78,96)/t48-,49+,50+,55?,58-,59-,60+,62-,63-,64-,65-,66+,68+/m0/s1. The Morgan fingerprint density at radius 3 is 1.88 bits per heavy atom. The van der Waals surface area contributed by atoms with E-state index in [2.05, 4.69) is 31.9 Å². The normalized spacial score (nSPS) is 16.5. The van der Waals surface area contributed by atoms with Crippen LogP contribution in [-0.2, 0) is 70.1 Å². The lowest BCUT2D eigenvalue weighted by molar-refractivity contribution is -0.148. The van der Waals surface area contributed by atoms with Gasteiger partial charge in [0.15, 0.2) is 15.6 Å². The molecule has 0 aliphatic carbocycles. The van der Waals surface area contributed by atoms with Gasteiger partial charge >= 0.3 is 12.1 Å². The second kappa shape index (κ2) is 41.3. The van der Waals surface area contributed by atoms with Crippen molar-refractivity contribution in [2.24, 2.45) is 41.2 Å². The summed E-state index contributed by atoms with van der Waals surface area (Å²) in [7, 11) is -1.23. The highest BCUT2D eigenvalue weighted by molar-refractivity contribution is 7.91. The van der Waals surface area contributed by atoms with Gasteiger partial charge < -0.3 is 66.8 Å². The van der Waals surface area contributed by atoms with Crippen molar-refractivity contribution in [2.45, 2.75) is 187 Å². The first-order valence-corrected chi connectivity index (χ1v) is 38.9. The van der Waals surface area contributed by atoms with Crippen LogP contribution in [0.5, 0.6) is 0 Å². The first-order valence-electron chi connectivity index (χ1n) is 35.9. The number of hydrogen-bond donors (Lipinski definition) is 9. The molecular formula is C76H110N10O18S2. The summed E-state index contributed by atoms with van der Waals surface area (Å²) in [4.78, 5) is 143. The van der Waals surface area contributed by atoms with Crippen LogP contribution in [0.25, 0.3) is 0 Å². The van der Waals surface area contributed by atoms with Gasteiger partial charge in [0.1, 0.15) is 41.5 Å². The van der Waals surface area contributed by atoms with E-state index in [9.17, 15) is 69.9 Å². The monoisotopic (exact) mass is 1510 g/mol. The minimum atomic E-state index is -4.09. The van der Waals surface area contributed by atoms with E-state index in [1.807, 2.05) is 32.0 Å². The smallest absolute Gasteiger partial charge is 0.410 e. The molecule has 0 saturated carbocycles. The fraction of sp³-hybridized carbons (Fsp3) is 0.553. The van der Waals surface area contributed by atoms with Crippen LogP contribution in [0.2, 0.25) is 0 Å². The Kier molecular flexibility index (Phi) is 34.2. The highest BCUT2D eigenvalue weighted by atomic mass is 32.2. The number of nitrogens with zero attached hydrogens (tertiary/aromatic N) is 3. The highest BCUT2D eigenvalue weighted by Gasteiger charge is 2.44. The molecule has 0 spiro atoms. The van der Waals surface area contributed by atoms with E-state index in [0.29, 0.717) is 36.9 Å². The number of primary amides is 1. The van der Waals surface area contributed by atoms with E-state index in [1.165, 1.54) is 74.7 Å². The Morgan fingerprint density at radius 1 is 0.708 bits per heavy atom. The van der Waals surface area contributed by atoms with Crippen LogP contribution < -0.4 is 37.6 Å². The van der Waals surface area contributed by atoms with Gasteiger partial charge in [0.25, 0.3) is 5.91 Å². The molecule has 30 heteroatoms. The van der Waals surface area contributed by atoms with Gasteiger partial charge in [0.2, 0.25) is 35.4 Å². The number of carbonyl (C=O) groups excluding carboxylic acids is 10. The summed E-state index contributed by atoms with van der Waals surface area (Å²) in [6.07, 6.45) is -1.39. The number of nitrogens with two attached hydrogens (primary N) is 1. The molecule has 1 heterocycles. The number of urea groups is 1. The number of aliphatic hydroxyl groups is 1. The summed E-state index contributed by atoms with van der Waals surface area (Å²) in [5.41, 5.74) is 7.42. The first kappa shape index (κ1) is 87.8. The minimum absolute atomic E-state index is 0.00307. The Morgan fingerprint density at radius 2 is 1.32 bits per heavy atom. The maximum Gasteiger partial charge on any atom is 0.410 e. The van der Waals surface area contributed by atoms with Crippen molar-refractivity contribution in [3.63, 3.8) is 0 Å². The second-order valence-corrected chi connectivity index (χ2v) is 31.5. The highest BCUT2D eigenvalue weighted by Crippen LogP contribution is 2.31. The van der Waals surface area contributed by atoms with Crippen molar-refractivity contribution < 1.29 is 84.1 Å². The third-order valence-electron chi connectivity index (χ3n) is 19.5. The van der Waals surface area contributed by atoms with E-state index >= 15 is 0 Å². The van der Waals surface area contributed by atoms with E-state index in [1.54, 1.807) is 111 Å². The molecule has 1 fully saturated rings. The molecule has 584 valence electrons. The van der Waals surface area contributed by atoms with Crippen LogP contribution in [0.3, 0.4) is 0 Å². The lowest BCUT2D eigenvalue weighted by atomic mass is 9.89. The maximum absolute atomic E-state index is 14.9. The number of Topliss-reactive ketones (excluding diaryl/α,β-unsaturated/α-hetero) is 1. The van der Waals surface area contributed by atoms with E-state index in [-0.39, 0.29) is 71.9 Å². The lowest BCUT2D eigenvalue weighted by Crippen LogP contribution is -2.60. The number of ketones is 1. The molecule has 4 aromatic carbocycles. The molecule has 9 N–H and O–H groups in total. The number of amides is 10. The van der Waals surface area contributed by atoms with Crippen LogP contribution in [0.4, 0.5) is 15.3 Å². The number of likely N-dealkylation sites (tertiary alicyclic amines) is 1. The quantitative estimate of drug-likeness (QED) is 0.0138. The number of sulfone groups is 1. The third kappa shape index (κ3) is 24.9. The molecule has 13 atom stereocenters. The number of hydrogen-bond acceptors (Lipinski definition) is 18. The number of methoxy groups -OCH3 is 2. The number of aryl methyl sites for hydroxylation is 1. The van der Waals surface area contributed by atoms with Gasteiger partial charge in [-0.1, -0.05) is 141 Å². The topological polar surface area (TPSA) is 395 Å². The molecule has 1 aliphatic rings. The Labute approximate surface area is 625 Å². The number of likely N-dealkylation sites (N-methyl/N-ethyl adjacent to an activating group) is 2. The maximum atomic E-state index is 14.9. The zero-order chi connectivity index (χ0) is 79.0. The molecule has 0 bridgehead atoms. The van der Waals surface area contributed by atoms with Crippen LogP contribution >= 0.6 is 0 Å². The lowest BCUT2D eigenvalue weighted by Gasteiger charge is -2.41. The van der Waals surface area contributed by atoms with Gasteiger partial charge in [-0.2, -0.15) is 0 Å². The number of anilines is 1. The van der Waals surface area contributed by atoms with Gasteiger partial charge in [0, 0.05) is 58.2 Å². The predicted octanol–water partition coefficient (Wildman–Crippen LogP) is 6.10. The number of nitrogens with one attached hydrogen (secondary N) is 6. The molecular weight excluding hydrogens is 1410 g/mol. The fourth-order valence-electron chi connectivity index (χ4n) is 13.2. The molecule has 106 heavy (non-hydrogen) atoms. The van der Waals surface area contributed by atoms with E-state index in [0.717, 1.165) is 10.5 Å². The molecule has 0 aromatic heterocycles. The van der Waals surface area contributed by atoms with Crippen molar-refractivity contribution in [1.29, 1.82) is 0 Å². The number of thiol groups is 1. The van der Waals surface area contributed by atoms with Crippen molar-refractivity contribution in [2.75, 3.05) is 58.2 Å². The van der Waals surface area contributed by atoms with Gasteiger partial charge in [0.05, 0.1) is 71.1 Å². The van der Waals surface area contributed by atoms with Gasteiger partial charge in [-0.15, -0.1) is 0 Å². The van der Waals surface area contributed by atoms with Crippen molar-refractivity contribution in [3.05, 3.63) is 131 Å². The van der Waals surface area contributed by atoms with E-state index < -0.39 is 170 Å². The number of ether oxygens (including phenoxy) is 3. The molecule has 5 rings (SSSR count). The summed E-state index contributed by atoms with van der Waals surface area (Å²) < 4.78 is 68.0. The molecule has 1 unspecified atom stereocenters. The van der Waals surface area contributed by atoms with Crippen molar-refractivity contribution >= 4 is 85.5 Å². The van der Waals surface area contributed by atoms with Crippen LogP contribution in [0, 0.1) is 42.4 Å². The SMILES string of the molecule is CC[C@H](C)[C@@H]([C@@H](CC(=O)N1CCC[C@H]1[C@H](OC)[C@@H](C)C(=O)N[C@H](C)[C@@H](O)c1ccccc1)OC)N(C)C(=O)[C@@H](NC(=O)[C@H](C(C)C)N(C)C(=O)OCc1ccc(NC(=O)[C@H](CCCNC(N)=O)NC(=O)[C@@H](NC(=O)c2ccc(C(=O)C(C[SH](=O)=O)CS(=O)(=O)c3ccc(C)cc3)cc2)C(C)C)cc1)C(C)C. The van der Waals surface area contributed by atoms with Gasteiger partial charge in [-0.05, 0) is 111 Å². The number of benzene rings is 4. The van der Waals surface area contributed by atoms with Crippen LogP contribution in [0.15, 0.2) is 108 Å². The Balaban J connectivity index is 1.20. The Bertz CT molecular complexity index is 3820. The number of rotatable bonds is 40. The van der Waals surface area contributed by atoms with Crippen molar-refractivity contribution in [3.8, 4) is 0 Å². The second-order valence-electron chi connectivity index (χ2n) is 28.5. The van der Waals surface area contributed by atoms with Crippen LogP contribution in [0.1, 0.15) is 151 Å². The molecule has 0 radical (unpaired) electrons. The summed E-state index contributed by atoms with van der Waals surface area (Å²) >= 11 is 0. The predicted molar refractivity (Wildman–Crippen MR) is 401 cm³/mol. The van der Waals surface area contributed by atoms with Crippen molar-refractivity contribution in [1.82, 2.24) is 41.3 Å². The largest absolute Gasteiger partial charge is 0.445 e. The average Bonchev–Trinajstić information content (AvgIpc) is 1.39. The first-order chi connectivity index (χ1) is 50.0. The van der Waals surface area contributed by atoms with E-state index in [4.69, 9.17) is 19.9 Å². The molecule has 28 nitrogen and oxygen atoms in total. The molecule has 10 amide bonds. The summed E-state index contributed by atoms with van der Waals surface area (Å²) in [6, 6.07) is 19.0. The zero-order valence-corrected chi connectivity index (χ0v) is 65.2. The number of aliphatic hydroxyl groups excluding tert-OH is 1. The number of carbonyl (C=O) groups is 10. The zero-order valence-electron chi connectivity index (χ0n) is 63.5. The molecule has 1 aliphatic heterocycles. The third-order valence-corrected chi connectivity index (χ3v) is 22.0. The fourth-order valence-corrected chi connectivity index (χ4v) is 15.6. The van der Waals surface area contributed by atoms with Crippen LogP contribution in [-0.4, -0.2) is 203 Å². The van der Waals surface area contributed by atoms with Gasteiger partial charge in [-0.3, -0.25) is 43.3 Å². The van der Waals surface area contributed by atoms with Gasteiger partial charge in [-0.25, -0.2) is 26.4 Å². The summed E-state index contributed by atoms with van der Waals surface area (Å²) in [6.45, 7) is 19.7. The summed E-state index contributed by atoms with van der Waals surface area (Å²) in [5.74, 6) is -9.93. The minimum Gasteiger partial charge on any atom is -0.445 e. The summed E-state index contributed by atoms with van der Waals surface area (Å²) in [5, 5.41) is 27.4. The Hall–Kier alpha value is -8.84. The molecule has 4 aromatic rings. The average molecular weight is 1520 g/mol. The molecule has 1 saturated heterocycles.